The van der Waals surface area contributed by atoms with Gasteiger partial charge in [0.15, 0.2) is 5.13 Å². The number of carbonyl (C=O) groups is 2. The minimum Gasteiger partial charge on any atom is -0.442 e. The van der Waals surface area contributed by atoms with Crippen molar-refractivity contribution >= 4 is 34.2 Å². The average Bonchev–Trinajstić information content (AvgIpc) is 3.32. The number of thiazole rings is 1. The minimum absolute atomic E-state index is 0.204. The molecular weight excluding hydrogens is 407 g/mol. The molecule has 0 spiro atoms. The Labute approximate surface area is 176 Å². The fourth-order valence-electron chi connectivity index (χ4n) is 3.24. The molecule has 1 fully saturated rings. The highest BCUT2D eigenvalue weighted by Crippen LogP contribution is 2.31. The molecular formula is C21H19FN4O3S. The Hall–Kier alpha value is -3.46. The molecule has 154 valence electrons. The van der Waals surface area contributed by atoms with Gasteiger partial charge < -0.3 is 15.8 Å². The van der Waals surface area contributed by atoms with Gasteiger partial charge in [-0.3, -0.25) is 9.69 Å². The molecule has 1 atom stereocenters. The van der Waals surface area contributed by atoms with Crippen LogP contribution in [0.5, 0.6) is 0 Å². The Morgan fingerprint density at radius 1 is 1.30 bits per heavy atom. The van der Waals surface area contributed by atoms with Gasteiger partial charge in [-0.15, -0.1) is 11.3 Å². The van der Waals surface area contributed by atoms with E-state index in [1.54, 1.807) is 12.1 Å². The topological polar surface area (TPSA) is 97.5 Å². The highest BCUT2D eigenvalue weighted by atomic mass is 32.1. The summed E-state index contributed by atoms with van der Waals surface area (Å²) in [5.74, 6) is -0.652. The van der Waals surface area contributed by atoms with Crippen molar-refractivity contribution in [2.24, 2.45) is 0 Å². The number of hydrogen-bond acceptors (Lipinski definition) is 6. The van der Waals surface area contributed by atoms with Crippen molar-refractivity contribution < 1.29 is 18.7 Å². The first-order valence-electron chi connectivity index (χ1n) is 9.24. The van der Waals surface area contributed by atoms with Gasteiger partial charge >= 0.3 is 6.09 Å². The largest absolute Gasteiger partial charge is 0.442 e. The zero-order valence-corrected chi connectivity index (χ0v) is 16.9. The van der Waals surface area contributed by atoms with Gasteiger partial charge in [-0.2, -0.15) is 0 Å². The summed E-state index contributed by atoms with van der Waals surface area (Å²) in [5, 5.41) is 4.98. The summed E-state index contributed by atoms with van der Waals surface area (Å²) in [6.45, 7) is 1.85. The maximum absolute atomic E-state index is 14.8. The molecule has 4 rings (SSSR count). The Kier molecular flexibility index (Phi) is 5.37. The maximum Gasteiger partial charge on any atom is 0.414 e. The van der Waals surface area contributed by atoms with Gasteiger partial charge in [0.25, 0.3) is 0 Å². The standard InChI is InChI=1S/C21H19FN4O3S/c1-12(27)24-9-16-10-26(21(28)29-16)15-6-7-17(18(22)8-15)13-2-4-14(5-3-13)19-11-30-20(23)25-19/h2-8,11,16H,9-10H2,1H3,(H2,23,25)(H,24,27)/t16-/m0/s1. The lowest BCUT2D eigenvalue weighted by molar-refractivity contribution is -0.119. The van der Waals surface area contributed by atoms with Crippen LogP contribution in [0.15, 0.2) is 47.8 Å². The van der Waals surface area contributed by atoms with Gasteiger partial charge in [0.2, 0.25) is 5.91 Å². The molecule has 2 heterocycles. The van der Waals surface area contributed by atoms with E-state index >= 15 is 0 Å². The van der Waals surface area contributed by atoms with Gasteiger partial charge in [0.05, 0.1) is 24.5 Å². The number of nitrogens with one attached hydrogen (secondary N) is 1. The predicted octanol–water partition coefficient (Wildman–Crippen LogP) is 3.66. The van der Waals surface area contributed by atoms with E-state index in [9.17, 15) is 14.0 Å². The summed E-state index contributed by atoms with van der Waals surface area (Å²) < 4.78 is 20.1. The maximum atomic E-state index is 14.8. The lowest BCUT2D eigenvalue weighted by Crippen LogP contribution is -2.33. The van der Waals surface area contributed by atoms with E-state index in [4.69, 9.17) is 10.5 Å². The van der Waals surface area contributed by atoms with E-state index in [0.29, 0.717) is 21.9 Å². The number of cyclic esters (lactones) is 1. The molecule has 1 aliphatic heterocycles. The molecule has 1 aromatic heterocycles. The molecule has 30 heavy (non-hydrogen) atoms. The number of nitrogen functional groups attached to an aromatic ring is 1. The van der Waals surface area contributed by atoms with Gasteiger partial charge in [-0.1, -0.05) is 24.3 Å². The number of nitrogens with two attached hydrogens (primary N) is 1. The van der Waals surface area contributed by atoms with Crippen molar-refractivity contribution in [1.82, 2.24) is 10.3 Å². The lowest BCUT2D eigenvalue weighted by Gasteiger charge is -2.14. The Bertz CT molecular complexity index is 1100. The number of rotatable bonds is 5. The first kappa shape index (κ1) is 19.8. The third kappa shape index (κ3) is 4.11. The van der Waals surface area contributed by atoms with Gasteiger partial charge in [-0.25, -0.2) is 14.2 Å². The summed E-state index contributed by atoms with van der Waals surface area (Å²) in [7, 11) is 0. The molecule has 3 N–H and O–H groups in total. The minimum atomic E-state index is -0.565. The molecule has 7 nitrogen and oxygen atoms in total. The fourth-order valence-corrected chi connectivity index (χ4v) is 3.82. The second kappa shape index (κ2) is 8.11. The zero-order valence-electron chi connectivity index (χ0n) is 16.1. The van der Waals surface area contributed by atoms with E-state index < -0.39 is 18.0 Å². The summed E-state index contributed by atoms with van der Waals surface area (Å²) >= 11 is 1.36. The second-order valence-corrected chi connectivity index (χ2v) is 7.76. The zero-order chi connectivity index (χ0) is 21.3. The molecule has 9 heteroatoms. The molecule has 0 unspecified atom stereocenters. The Balaban J connectivity index is 1.51. The van der Waals surface area contributed by atoms with Gasteiger partial charge in [-0.05, 0) is 23.8 Å². The van der Waals surface area contributed by atoms with Gasteiger partial charge in [0, 0.05) is 23.4 Å². The van der Waals surface area contributed by atoms with Crippen LogP contribution in [0.4, 0.5) is 20.0 Å². The summed E-state index contributed by atoms with van der Waals surface area (Å²) in [6.07, 6.45) is -1.04. The Morgan fingerprint density at radius 2 is 2.03 bits per heavy atom. The number of aromatic nitrogens is 1. The van der Waals surface area contributed by atoms with Crippen LogP contribution in [0, 0.1) is 5.82 Å². The molecule has 2 amide bonds. The average molecular weight is 426 g/mol. The monoisotopic (exact) mass is 426 g/mol. The molecule has 1 saturated heterocycles. The normalized spacial score (nSPS) is 15.9. The molecule has 2 aromatic carbocycles. The van der Waals surface area contributed by atoms with E-state index in [2.05, 4.69) is 10.3 Å². The van der Waals surface area contributed by atoms with Crippen molar-refractivity contribution in [2.75, 3.05) is 23.7 Å². The Morgan fingerprint density at radius 3 is 2.67 bits per heavy atom. The summed E-state index contributed by atoms with van der Waals surface area (Å²) in [6, 6.07) is 12.0. The summed E-state index contributed by atoms with van der Waals surface area (Å²) in [4.78, 5) is 28.8. The SMILES string of the molecule is CC(=O)NC[C@H]1CN(c2ccc(-c3ccc(-c4csc(N)n4)cc3)c(F)c2)C(=O)O1. The van der Waals surface area contributed by atoms with Crippen molar-refractivity contribution in [3.05, 3.63) is 53.7 Å². The van der Waals surface area contributed by atoms with E-state index in [0.717, 1.165) is 11.3 Å². The summed E-state index contributed by atoms with van der Waals surface area (Å²) in [5.41, 5.74) is 8.88. The number of hydrogen-bond donors (Lipinski definition) is 2. The van der Waals surface area contributed by atoms with Crippen molar-refractivity contribution in [1.29, 1.82) is 0 Å². The van der Waals surface area contributed by atoms with Crippen molar-refractivity contribution in [2.45, 2.75) is 13.0 Å². The quantitative estimate of drug-likeness (QED) is 0.649. The van der Waals surface area contributed by atoms with Gasteiger partial charge in [0.1, 0.15) is 11.9 Å². The van der Waals surface area contributed by atoms with Crippen LogP contribution in [-0.2, 0) is 9.53 Å². The highest BCUT2D eigenvalue weighted by Gasteiger charge is 2.32. The number of amides is 2. The van der Waals surface area contributed by atoms with Crippen molar-refractivity contribution in [3.8, 4) is 22.4 Å². The smallest absolute Gasteiger partial charge is 0.414 e. The van der Waals surface area contributed by atoms with Crippen molar-refractivity contribution in [3.63, 3.8) is 0 Å². The number of ether oxygens (including phenoxy) is 1. The van der Waals surface area contributed by atoms with Crippen LogP contribution in [0.25, 0.3) is 22.4 Å². The fraction of sp³-hybridized carbons (Fsp3) is 0.190. The number of nitrogens with zero attached hydrogens (tertiary/aromatic N) is 2. The number of carbonyl (C=O) groups excluding carboxylic acids is 2. The predicted molar refractivity (Wildman–Crippen MR) is 114 cm³/mol. The van der Waals surface area contributed by atoms with Crippen LogP contribution in [0.2, 0.25) is 0 Å². The number of benzene rings is 2. The third-order valence-electron chi connectivity index (χ3n) is 4.73. The second-order valence-electron chi connectivity index (χ2n) is 6.87. The van der Waals surface area contributed by atoms with Crippen LogP contribution in [0.1, 0.15) is 6.92 Å². The molecule has 3 aromatic rings. The van der Waals surface area contributed by atoms with Crippen LogP contribution in [-0.4, -0.2) is 36.2 Å². The number of anilines is 2. The molecule has 0 saturated carbocycles. The van der Waals surface area contributed by atoms with E-state index in [1.807, 2.05) is 29.6 Å². The number of halogens is 1. The van der Waals surface area contributed by atoms with Crippen LogP contribution >= 0.6 is 11.3 Å². The highest BCUT2D eigenvalue weighted by molar-refractivity contribution is 7.13. The lowest BCUT2D eigenvalue weighted by atomic mass is 10.0. The van der Waals surface area contributed by atoms with Crippen LogP contribution in [0.3, 0.4) is 0 Å². The molecule has 0 bridgehead atoms. The molecule has 0 aliphatic carbocycles. The molecule has 1 aliphatic rings. The third-order valence-corrected chi connectivity index (χ3v) is 5.40. The van der Waals surface area contributed by atoms with Crippen LogP contribution < -0.4 is 16.0 Å². The van der Waals surface area contributed by atoms with E-state index in [-0.39, 0.29) is 19.0 Å². The first-order chi connectivity index (χ1) is 14.4. The first-order valence-corrected chi connectivity index (χ1v) is 10.1. The van der Waals surface area contributed by atoms with E-state index in [1.165, 1.54) is 29.2 Å². The molecule has 0 radical (unpaired) electrons.